The van der Waals surface area contributed by atoms with Gasteiger partial charge in [-0.1, -0.05) is 90.5 Å². The van der Waals surface area contributed by atoms with E-state index in [0.717, 1.165) is 11.1 Å². The van der Waals surface area contributed by atoms with Gasteiger partial charge in [-0.3, -0.25) is 0 Å². The lowest BCUT2D eigenvalue weighted by Gasteiger charge is -2.39. The number of nitrogens with one attached hydrogen (secondary N) is 1. The molecule has 1 unspecified atom stereocenters. The number of aryl methyl sites for hydroxylation is 1. The van der Waals surface area contributed by atoms with Crippen molar-refractivity contribution >= 4 is 29.3 Å². The number of benzene rings is 3. The van der Waals surface area contributed by atoms with Crippen LogP contribution in [-0.2, 0) is 23.8 Å². The zero-order valence-electron chi connectivity index (χ0n) is 21.6. The zero-order chi connectivity index (χ0) is 27.2. The molecule has 0 saturated carbocycles. The first kappa shape index (κ1) is 26.2. The largest absolute Gasteiger partial charge is 0.466 e. The molecule has 0 aliphatic carbocycles. The van der Waals surface area contributed by atoms with Crippen LogP contribution in [0.5, 0.6) is 0 Å². The summed E-state index contributed by atoms with van der Waals surface area (Å²) in [6, 6.07) is 25.8. The summed E-state index contributed by atoms with van der Waals surface area (Å²) in [7, 11) is 3.77. The van der Waals surface area contributed by atoms with Gasteiger partial charge in [-0.15, -0.1) is 0 Å². The third-order valence-electron chi connectivity index (χ3n) is 6.25. The first-order valence-corrected chi connectivity index (χ1v) is 11.9. The number of nitrogens with zero attached hydrogens (tertiary/aromatic N) is 1. The minimum absolute atomic E-state index is 0.0289. The zero-order valence-corrected chi connectivity index (χ0v) is 21.6. The van der Waals surface area contributed by atoms with Gasteiger partial charge in [0.1, 0.15) is 0 Å². The molecule has 1 aliphatic rings. The number of carbonyl (C=O) groups excluding carboxylic acids is 3. The Kier molecular flexibility index (Phi) is 7.91. The highest BCUT2D eigenvalue weighted by Crippen LogP contribution is 2.49. The molecule has 4 rings (SSSR count). The number of hydrogen-bond acceptors (Lipinski definition) is 7. The van der Waals surface area contributed by atoms with Crippen LogP contribution < -0.4 is 5.43 Å². The Morgan fingerprint density at radius 1 is 0.711 bits per heavy atom. The van der Waals surface area contributed by atoms with Crippen molar-refractivity contribution in [3.8, 4) is 0 Å². The van der Waals surface area contributed by atoms with Crippen LogP contribution in [0, 0.1) is 6.92 Å². The summed E-state index contributed by atoms with van der Waals surface area (Å²) in [5.41, 5.74) is 6.59. The Morgan fingerprint density at radius 3 is 1.79 bits per heavy atom. The van der Waals surface area contributed by atoms with Gasteiger partial charge >= 0.3 is 18.0 Å². The summed E-state index contributed by atoms with van der Waals surface area (Å²) in [5, 5.41) is 1.26. The lowest BCUT2D eigenvalue weighted by molar-refractivity contribution is -0.138. The summed E-state index contributed by atoms with van der Waals surface area (Å²) in [6.07, 6.45) is -0.842. The van der Waals surface area contributed by atoms with Gasteiger partial charge in [0.2, 0.25) is 0 Å². The van der Waals surface area contributed by atoms with Gasteiger partial charge in [-0.25, -0.2) is 24.8 Å². The van der Waals surface area contributed by atoms with Crippen molar-refractivity contribution in [1.29, 1.82) is 0 Å². The van der Waals surface area contributed by atoms with E-state index in [0.29, 0.717) is 16.7 Å². The van der Waals surface area contributed by atoms with E-state index in [4.69, 9.17) is 14.2 Å². The molecule has 1 N–H and O–H groups in total. The number of methoxy groups -OCH3 is 3. The molecule has 0 aromatic heterocycles. The maximum absolute atomic E-state index is 13.6. The van der Waals surface area contributed by atoms with Crippen LogP contribution in [0.25, 0.3) is 11.3 Å². The predicted octanol–water partition coefficient (Wildman–Crippen LogP) is 4.83. The van der Waals surface area contributed by atoms with E-state index in [2.05, 4.69) is 5.43 Å². The second kappa shape index (κ2) is 11.5. The van der Waals surface area contributed by atoms with Gasteiger partial charge in [0.05, 0.1) is 32.6 Å². The minimum atomic E-state index is -0.842. The van der Waals surface area contributed by atoms with E-state index in [1.54, 1.807) is 24.3 Å². The van der Waals surface area contributed by atoms with E-state index in [1.807, 2.05) is 67.6 Å². The second-order valence-electron chi connectivity index (χ2n) is 8.52. The van der Waals surface area contributed by atoms with Crippen molar-refractivity contribution < 1.29 is 28.6 Å². The van der Waals surface area contributed by atoms with E-state index in [9.17, 15) is 14.4 Å². The highest BCUT2D eigenvalue weighted by Gasteiger charge is 2.44. The number of amides is 1. The van der Waals surface area contributed by atoms with Crippen molar-refractivity contribution in [2.75, 3.05) is 21.3 Å². The molecule has 3 aromatic carbocycles. The average Bonchev–Trinajstić information content (AvgIpc) is 2.96. The van der Waals surface area contributed by atoms with Crippen LogP contribution in [0.15, 0.2) is 96.2 Å². The summed E-state index contributed by atoms with van der Waals surface area (Å²) in [5.74, 6) is -2.08. The summed E-state index contributed by atoms with van der Waals surface area (Å²) >= 11 is 0. The van der Waals surface area contributed by atoms with Crippen molar-refractivity contribution in [3.63, 3.8) is 0 Å². The third-order valence-corrected chi connectivity index (χ3v) is 6.25. The van der Waals surface area contributed by atoms with E-state index in [1.165, 1.54) is 26.3 Å². The van der Waals surface area contributed by atoms with E-state index >= 15 is 0 Å². The Bertz CT molecular complexity index is 1400. The fourth-order valence-electron chi connectivity index (χ4n) is 4.54. The number of ether oxygens (including phenoxy) is 3. The summed E-state index contributed by atoms with van der Waals surface area (Å²) in [4.78, 5) is 39.8. The number of rotatable bonds is 6. The molecule has 8 nitrogen and oxygen atoms in total. The van der Waals surface area contributed by atoms with Crippen LogP contribution in [-0.4, -0.2) is 44.4 Å². The number of allylic oxidation sites excluding steroid dienone is 1. The Hall–Kier alpha value is -4.85. The summed E-state index contributed by atoms with van der Waals surface area (Å²) < 4.78 is 15.4. The first-order valence-electron chi connectivity index (χ1n) is 11.9. The quantitative estimate of drug-likeness (QED) is 0.373. The Balaban J connectivity index is 2.19. The fraction of sp³-hybridized carbons (Fsp3) is 0.167. The Morgan fingerprint density at radius 2 is 1.26 bits per heavy atom. The molecule has 1 aliphatic heterocycles. The highest BCUT2D eigenvalue weighted by atomic mass is 16.5. The molecule has 0 radical (unpaired) electrons. The molecule has 194 valence electrons. The average molecular weight is 513 g/mol. The smallest absolute Gasteiger partial charge is 0.426 e. The van der Waals surface area contributed by atoms with E-state index in [-0.39, 0.29) is 17.0 Å². The normalized spacial score (nSPS) is 15.2. The molecule has 0 fully saturated rings. The highest BCUT2D eigenvalue weighted by molar-refractivity contribution is 6.10. The molecule has 1 amide bonds. The van der Waals surface area contributed by atoms with Crippen LogP contribution >= 0.6 is 0 Å². The number of hydrazine groups is 1. The number of esters is 2. The van der Waals surface area contributed by atoms with Crippen molar-refractivity contribution in [3.05, 3.63) is 118 Å². The standard InChI is InChI=1S/C30H28N2O6/c1-19-15-17-21(18-16-19)23-24(20-11-7-5-8-12-20)27(29(34)37-3)32(31-30(35)38-4)26(25(23)28(33)36-2)22-13-9-6-10-14-22/h5-18,23H,1-4H3,(H,31,35). The van der Waals surface area contributed by atoms with Gasteiger partial charge in [0, 0.05) is 17.1 Å². The summed E-state index contributed by atoms with van der Waals surface area (Å²) in [6.45, 7) is 1.97. The molecule has 0 bridgehead atoms. The molecule has 8 heteroatoms. The molecule has 1 atom stereocenters. The maximum atomic E-state index is 13.6. The van der Waals surface area contributed by atoms with Gasteiger partial charge in [0.15, 0.2) is 5.70 Å². The lowest BCUT2D eigenvalue weighted by Crippen LogP contribution is -2.46. The second-order valence-corrected chi connectivity index (χ2v) is 8.52. The minimum Gasteiger partial charge on any atom is -0.466 e. The molecular weight excluding hydrogens is 484 g/mol. The lowest BCUT2D eigenvalue weighted by atomic mass is 9.76. The first-order chi connectivity index (χ1) is 18.4. The van der Waals surface area contributed by atoms with Crippen molar-refractivity contribution in [2.45, 2.75) is 12.8 Å². The number of carbonyl (C=O) groups is 3. The molecular formula is C30H28N2O6. The molecule has 1 heterocycles. The van der Waals surface area contributed by atoms with Crippen molar-refractivity contribution in [2.24, 2.45) is 0 Å². The van der Waals surface area contributed by atoms with Crippen LogP contribution in [0.4, 0.5) is 4.79 Å². The van der Waals surface area contributed by atoms with E-state index < -0.39 is 23.9 Å². The third kappa shape index (κ3) is 5.01. The monoisotopic (exact) mass is 512 g/mol. The molecule has 38 heavy (non-hydrogen) atoms. The van der Waals surface area contributed by atoms with Crippen LogP contribution in [0.2, 0.25) is 0 Å². The van der Waals surface area contributed by atoms with Crippen molar-refractivity contribution in [1.82, 2.24) is 10.4 Å². The predicted molar refractivity (Wildman–Crippen MR) is 142 cm³/mol. The van der Waals surface area contributed by atoms with Crippen LogP contribution in [0.1, 0.15) is 28.2 Å². The fourth-order valence-corrected chi connectivity index (χ4v) is 4.54. The van der Waals surface area contributed by atoms with Crippen LogP contribution in [0.3, 0.4) is 0 Å². The van der Waals surface area contributed by atoms with Gasteiger partial charge in [0.25, 0.3) is 0 Å². The van der Waals surface area contributed by atoms with Gasteiger partial charge in [-0.05, 0) is 18.1 Å². The van der Waals surface area contributed by atoms with Gasteiger partial charge < -0.3 is 14.2 Å². The SMILES string of the molecule is COC(=O)NN1C(C(=O)OC)=C(c2ccccc2)C(c2ccc(C)cc2)C(C(=O)OC)=C1c1ccccc1. The molecule has 0 saturated heterocycles. The topological polar surface area (TPSA) is 94.2 Å². The number of hydrogen-bond donors (Lipinski definition) is 1. The molecule has 0 spiro atoms. The Labute approximate surface area is 221 Å². The van der Waals surface area contributed by atoms with Gasteiger partial charge in [-0.2, -0.15) is 0 Å². The maximum Gasteiger partial charge on any atom is 0.426 e. The molecule has 3 aromatic rings.